The van der Waals surface area contributed by atoms with Gasteiger partial charge in [0, 0.05) is 30.9 Å². The zero-order valence-corrected chi connectivity index (χ0v) is 17.4. The molecule has 0 aromatic heterocycles. The minimum Gasteiger partial charge on any atom is -0.339 e. The highest BCUT2D eigenvalue weighted by Gasteiger charge is 2.49. The number of benzene rings is 1. The van der Waals surface area contributed by atoms with Crippen molar-refractivity contribution < 1.29 is 9.59 Å². The van der Waals surface area contributed by atoms with Crippen molar-refractivity contribution >= 4 is 29.9 Å². The Balaban J connectivity index is 0.00000225. The van der Waals surface area contributed by atoms with E-state index in [2.05, 4.69) is 10.6 Å². The van der Waals surface area contributed by atoms with Crippen LogP contribution < -0.4 is 10.6 Å². The second-order valence-electron chi connectivity index (χ2n) is 8.47. The van der Waals surface area contributed by atoms with Crippen LogP contribution >= 0.6 is 12.4 Å². The number of nitrogens with one attached hydrogen (secondary N) is 2. The molecule has 1 saturated carbocycles. The van der Waals surface area contributed by atoms with Crippen molar-refractivity contribution in [1.82, 2.24) is 10.2 Å². The number of carbonyl (C=O) groups is 2. The Morgan fingerprint density at radius 3 is 2.43 bits per heavy atom. The van der Waals surface area contributed by atoms with Crippen LogP contribution in [-0.2, 0) is 4.79 Å². The van der Waals surface area contributed by atoms with E-state index < -0.39 is 0 Å². The van der Waals surface area contributed by atoms with E-state index in [1.807, 2.05) is 29.2 Å². The molecular weight excluding hydrogens is 374 g/mol. The van der Waals surface area contributed by atoms with Gasteiger partial charge in [0.1, 0.15) is 0 Å². The first-order valence-electron chi connectivity index (χ1n) is 10.6. The van der Waals surface area contributed by atoms with Gasteiger partial charge < -0.3 is 15.5 Å². The summed E-state index contributed by atoms with van der Waals surface area (Å²) in [4.78, 5) is 27.7. The maximum absolute atomic E-state index is 13.0. The van der Waals surface area contributed by atoms with E-state index in [0.717, 1.165) is 64.0 Å². The monoisotopic (exact) mass is 405 g/mol. The molecule has 5 nitrogen and oxygen atoms in total. The van der Waals surface area contributed by atoms with Crippen LogP contribution in [0, 0.1) is 11.3 Å². The first kappa shape index (κ1) is 21.1. The molecule has 2 amide bonds. The standard InChI is InChI=1S/C22H31N3O2.ClH/c26-20(25-13-5-1-2-6-14-25)17-8-10-19(11-9-17)24-21(27)22-12-4-3-7-18(22)15-23-16-22;/h8-11,18,23H,1-7,12-16H2,(H,24,27);1H/t18-,22+;/m0./s1. The van der Waals surface area contributed by atoms with Gasteiger partial charge in [-0.1, -0.05) is 25.7 Å². The van der Waals surface area contributed by atoms with Crippen LogP contribution in [0.2, 0.25) is 0 Å². The van der Waals surface area contributed by atoms with Crippen molar-refractivity contribution in [1.29, 1.82) is 0 Å². The minimum absolute atomic E-state index is 0. The fraction of sp³-hybridized carbons (Fsp3) is 0.636. The predicted octanol–water partition coefficient (Wildman–Crippen LogP) is 3.84. The number of hydrogen-bond donors (Lipinski definition) is 2. The smallest absolute Gasteiger partial charge is 0.253 e. The van der Waals surface area contributed by atoms with Crippen LogP contribution in [0.1, 0.15) is 61.7 Å². The van der Waals surface area contributed by atoms with Crippen molar-refractivity contribution in [3.63, 3.8) is 0 Å². The molecule has 154 valence electrons. The van der Waals surface area contributed by atoms with E-state index in [4.69, 9.17) is 0 Å². The first-order chi connectivity index (χ1) is 13.2. The van der Waals surface area contributed by atoms with Gasteiger partial charge in [-0.15, -0.1) is 12.4 Å². The molecule has 1 aliphatic carbocycles. The molecule has 3 aliphatic rings. The average Bonchev–Trinajstić information content (AvgIpc) is 2.96. The molecule has 0 unspecified atom stereocenters. The molecular formula is C22H32ClN3O2. The van der Waals surface area contributed by atoms with E-state index in [-0.39, 0.29) is 29.6 Å². The Labute approximate surface area is 174 Å². The molecule has 2 heterocycles. The number of hydrogen-bond acceptors (Lipinski definition) is 3. The summed E-state index contributed by atoms with van der Waals surface area (Å²) in [6, 6.07) is 7.46. The van der Waals surface area contributed by atoms with Gasteiger partial charge in [-0.3, -0.25) is 9.59 Å². The quantitative estimate of drug-likeness (QED) is 0.803. The molecule has 3 fully saturated rings. The van der Waals surface area contributed by atoms with Crippen LogP contribution in [0.15, 0.2) is 24.3 Å². The summed E-state index contributed by atoms with van der Waals surface area (Å²) in [7, 11) is 0. The van der Waals surface area contributed by atoms with Crippen LogP contribution in [-0.4, -0.2) is 42.9 Å². The van der Waals surface area contributed by atoms with Crippen molar-refractivity contribution in [2.75, 3.05) is 31.5 Å². The van der Waals surface area contributed by atoms with Gasteiger partial charge in [0.05, 0.1) is 5.41 Å². The number of amides is 2. The lowest BCUT2D eigenvalue weighted by molar-refractivity contribution is -0.128. The van der Waals surface area contributed by atoms with Gasteiger partial charge in [0.15, 0.2) is 0 Å². The molecule has 0 radical (unpaired) electrons. The largest absolute Gasteiger partial charge is 0.339 e. The molecule has 1 aromatic rings. The molecule has 0 spiro atoms. The summed E-state index contributed by atoms with van der Waals surface area (Å²) in [6.07, 6.45) is 9.10. The SMILES string of the molecule is Cl.O=C(c1ccc(NC(=O)[C@@]23CCCC[C@H]2CNC3)cc1)N1CCCCCC1. The zero-order chi connectivity index (χ0) is 18.7. The van der Waals surface area contributed by atoms with E-state index in [9.17, 15) is 9.59 Å². The molecule has 2 aliphatic heterocycles. The van der Waals surface area contributed by atoms with Crippen LogP contribution in [0.5, 0.6) is 0 Å². The second kappa shape index (κ2) is 9.27. The van der Waals surface area contributed by atoms with Gasteiger partial charge in [-0.2, -0.15) is 0 Å². The minimum atomic E-state index is -0.251. The van der Waals surface area contributed by atoms with Crippen molar-refractivity contribution in [3.8, 4) is 0 Å². The summed E-state index contributed by atoms with van der Waals surface area (Å²) in [5, 5.41) is 6.55. The van der Waals surface area contributed by atoms with E-state index in [0.29, 0.717) is 11.5 Å². The molecule has 28 heavy (non-hydrogen) atoms. The van der Waals surface area contributed by atoms with Gasteiger partial charge >= 0.3 is 0 Å². The molecule has 6 heteroatoms. The Morgan fingerprint density at radius 2 is 1.71 bits per heavy atom. The number of likely N-dealkylation sites (tertiary alicyclic amines) is 1. The van der Waals surface area contributed by atoms with E-state index in [1.165, 1.54) is 19.3 Å². The lowest BCUT2D eigenvalue weighted by Gasteiger charge is -2.37. The zero-order valence-electron chi connectivity index (χ0n) is 16.5. The highest BCUT2D eigenvalue weighted by molar-refractivity contribution is 5.98. The van der Waals surface area contributed by atoms with Gasteiger partial charge in [-0.25, -0.2) is 0 Å². The summed E-state index contributed by atoms with van der Waals surface area (Å²) in [5.74, 6) is 0.708. The Bertz CT molecular complexity index is 686. The maximum atomic E-state index is 13.0. The molecule has 1 aromatic carbocycles. The normalized spacial score (nSPS) is 27.3. The number of anilines is 1. The van der Waals surface area contributed by atoms with Crippen molar-refractivity contribution in [3.05, 3.63) is 29.8 Å². The number of halogens is 1. The van der Waals surface area contributed by atoms with Gasteiger partial charge in [0.2, 0.25) is 5.91 Å². The van der Waals surface area contributed by atoms with Gasteiger partial charge in [-0.05, 0) is 62.4 Å². The lowest BCUT2D eigenvalue weighted by atomic mass is 9.67. The fourth-order valence-corrected chi connectivity index (χ4v) is 5.10. The van der Waals surface area contributed by atoms with Gasteiger partial charge in [0.25, 0.3) is 5.91 Å². The third-order valence-corrected chi connectivity index (χ3v) is 6.77. The second-order valence-corrected chi connectivity index (χ2v) is 8.47. The Kier molecular flexibility index (Phi) is 7.00. The molecule has 2 saturated heterocycles. The molecule has 4 rings (SSSR count). The highest BCUT2D eigenvalue weighted by atomic mass is 35.5. The van der Waals surface area contributed by atoms with Crippen LogP contribution in [0.4, 0.5) is 5.69 Å². The number of nitrogens with zero attached hydrogens (tertiary/aromatic N) is 1. The van der Waals surface area contributed by atoms with Crippen LogP contribution in [0.25, 0.3) is 0 Å². The molecule has 0 bridgehead atoms. The summed E-state index contributed by atoms with van der Waals surface area (Å²) in [5.41, 5.74) is 1.25. The van der Waals surface area contributed by atoms with E-state index >= 15 is 0 Å². The fourth-order valence-electron chi connectivity index (χ4n) is 5.10. The molecule has 2 N–H and O–H groups in total. The van der Waals surface area contributed by atoms with Crippen molar-refractivity contribution in [2.45, 2.75) is 51.4 Å². The topological polar surface area (TPSA) is 61.4 Å². The molecule has 2 atom stereocenters. The third kappa shape index (κ3) is 4.20. The maximum Gasteiger partial charge on any atom is 0.253 e. The number of rotatable bonds is 3. The first-order valence-corrected chi connectivity index (χ1v) is 10.6. The Hall–Kier alpha value is -1.59. The summed E-state index contributed by atoms with van der Waals surface area (Å²) < 4.78 is 0. The summed E-state index contributed by atoms with van der Waals surface area (Å²) in [6.45, 7) is 3.45. The Morgan fingerprint density at radius 1 is 1.00 bits per heavy atom. The average molecular weight is 406 g/mol. The van der Waals surface area contributed by atoms with Crippen molar-refractivity contribution in [2.24, 2.45) is 11.3 Å². The predicted molar refractivity (Wildman–Crippen MR) is 114 cm³/mol. The number of fused-ring (bicyclic) bond motifs is 1. The third-order valence-electron chi connectivity index (χ3n) is 6.77. The highest BCUT2D eigenvalue weighted by Crippen LogP contribution is 2.44. The number of carbonyl (C=O) groups excluding carboxylic acids is 2. The lowest BCUT2D eigenvalue weighted by Crippen LogP contribution is -2.44. The van der Waals surface area contributed by atoms with E-state index in [1.54, 1.807) is 0 Å². The van der Waals surface area contributed by atoms with Crippen LogP contribution in [0.3, 0.4) is 0 Å². The summed E-state index contributed by atoms with van der Waals surface area (Å²) >= 11 is 0.